The Hall–Kier alpha value is -4.00. The minimum Gasteiger partial charge on any atom is -0.438 e. The second kappa shape index (κ2) is 8.39. The van der Waals surface area contributed by atoms with Gasteiger partial charge in [-0.2, -0.15) is 18.4 Å². The zero-order chi connectivity index (χ0) is 22.8. The van der Waals surface area contributed by atoms with Crippen LogP contribution in [-0.4, -0.2) is 10.9 Å². The number of ether oxygens (including phenoxy) is 1. The molecule has 1 aromatic heterocycles. The number of pyridine rings is 1. The number of carbonyl (C=O) groups excluding carboxylic acids is 1. The number of benzene rings is 2. The molecule has 0 atom stereocenters. The Morgan fingerprint density at radius 1 is 1.10 bits per heavy atom. The van der Waals surface area contributed by atoms with Gasteiger partial charge in [-0.05, 0) is 61.0 Å². The van der Waals surface area contributed by atoms with E-state index in [2.05, 4.69) is 10.3 Å². The average molecular weight is 433 g/mol. The fourth-order valence-corrected chi connectivity index (χ4v) is 2.57. The number of anilines is 1. The molecule has 158 valence electrons. The van der Waals surface area contributed by atoms with Crippen molar-refractivity contribution in [3.05, 3.63) is 82.5 Å². The number of hydrogen-bond acceptors (Lipinski definition) is 4. The van der Waals surface area contributed by atoms with E-state index in [4.69, 9.17) is 10.00 Å². The van der Waals surface area contributed by atoms with Gasteiger partial charge in [-0.3, -0.25) is 4.79 Å². The van der Waals surface area contributed by atoms with E-state index in [0.29, 0.717) is 6.07 Å². The van der Waals surface area contributed by atoms with Crippen molar-refractivity contribution in [3.8, 4) is 17.7 Å². The summed E-state index contributed by atoms with van der Waals surface area (Å²) < 4.78 is 71.5. The van der Waals surface area contributed by atoms with Crippen molar-refractivity contribution >= 4 is 11.6 Å². The zero-order valence-electron chi connectivity index (χ0n) is 15.7. The van der Waals surface area contributed by atoms with Crippen LogP contribution in [0.5, 0.6) is 11.6 Å². The molecule has 0 aliphatic carbocycles. The Kier molecular flexibility index (Phi) is 5.88. The third kappa shape index (κ3) is 4.95. The summed E-state index contributed by atoms with van der Waals surface area (Å²) in [5.74, 6) is -2.95. The van der Waals surface area contributed by atoms with Gasteiger partial charge in [0.15, 0.2) is 0 Å². The maximum atomic E-state index is 13.5. The molecule has 0 saturated carbocycles. The predicted octanol–water partition coefficient (Wildman–Crippen LogP) is 5.60. The van der Waals surface area contributed by atoms with Crippen LogP contribution in [0.3, 0.4) is 0 Å². The summed E-state index contributed by atoms with van der Waals surface area (Å²) in [7, 11) is 0. The summed E-state index contributed by atoms with van der Waals surface area (Å²) in [4.78, 5) is 16.1. The van der Waals surface area contributed by atoms with Crippen LogP contribution in [0.1, 0.15) is 27.2 Å². The highest BCUT2D eigenvalue weighted by molar-refractivity contribution is 6.06. The van der Waals surface area contributed by atoms with Crippen molar-refractivity contribution in [1.82, 2.24) is 4.98 Å². The molecule has 0 unspecified atom stereocenters. The van der Waals surface area contributed by atoms with E-state index < -0.39 is 35.3 Å². The number of nitrogens with one attached hydrogen (secondary N) is 1. The monoisotopic (exact) mass is 433 g/mol. The fraction of sp³-hybridized carbons (Fsp3) is 0.0952. The molecular weight excluding hydrogens is 421 g/mol. The molecule has 0 aliphatic heterocycles. The number of aromatic nitrogens is 1. The lowest BCUT2D eigenvalue weighted by Crippen LogP contribution is -2.16. The Morgan fingerprint density at radius 3 is 2.48 bits per heavy atom. The minimum atomic E-state index is -4.80. The van der Waals surface area contributed by atoms with Gasteiger partial charge in [0.1, 0.15) is 34.7 Å². The standard InChI is InChI=1S/C21H12F5N3O2/c1-11-8-13(22)2-6-17(11)31-20-15(4-7-18(29-20)21(24,25)26)19(30)28-14-3-5-16(23)12(9-14)10-27/h2-9H,1H3,(H,28,30). The van der Waals surface area contributed by atoms with Gasteiger partial charge in [-0.25, -0.2) is 13.8 Å². The summed E-state index contributed by atoms with van der Waals surface area (Å²) in [6.45, 7) is 1.47. The van der Waals surface area contributed by atoms with Gasteiger partial charge >= 0.3 is 6.18 Å². The van der Waals surface area contributed by atoms with E-state index in [1.807, 2.05) is 0 Å². The number of aryl methyl sites for hydroxylation is 1. The molecular formula is C21H12F5N3O2. The highest BCUT2D eigenvalue weighted by Crippen LogP contribution is 2.33. The third-order valence-corrected chi connectivity index (χ3v) is 4.08. The average Bonchev–Trinajstić information content (AvgIpc) is 2.70. The lowest BCUT2D eigenvalue weighted by Gasteiger charge is -2.14. The van der Waals surface area contributed by atoms with Crippen molar-refractivity contribution in [2.45, 2.75) is 13.1 Å². The van der Waals surface area contributed by atoms with Crippen molar-refractivity contribution in [3.63, 3.8) is 0 Å². The van der Waals surface area contributed by atoms with Gasteiger partial charge in [0, 0.05) is 5.69 Å². The topological polar surface area (TPSA) is 75.0 Å². The highest BCUT2D eigenvalue weighted by Gasteiger charge is 2.34. The molecule has 10 heteroatoms. The third-order valence-electron chi connectivity index (χ3n) is 4.08. The molecule has 2 aromatic carbocycles. The SMILES string of the molecule is Cc1cc(F)ccc1Oc1nc(C(F)(F)F)ccc1C(=O)Nc1ccc(F)c(C#N)c1. The van der Waals surface area contributed by atoms with Crippen LogP contribution in [-0.2, 0) is 6.18 Å². The predicted molar refractivity (Wildman–Crippen MR) is 99.5 cm³/mol. The molecule has 0 saturated heterocycles. The Balaban J connectivity index is 2.00. The first-order valence-corrected chi connectivity index (χ1v) is 8.61. The molecule has 0 spiro atoms. The highest BCUT2D eigenvalue weighted by atomic mass is 19.4. The number of halogens is 5. The largest absolute Gasteiger partial charge is 0.438 e. The number of alkyl halides is 3. The first kappa shape index (κ1) is 21.7. The van der Waals surface area contributed by atoms with Crippen LogP contribution in [0.2, 0.25) is 0 Å². The Bertz CT molecular complexity index is 1200. The van der Waals surface area contributed by atoms with E-state index in [9.17, 15) is 26.7 Å². The smallest absolute Gasteiger partial charge is 0.433 e. The van der Waals surface area contributed by atoms with Crippen LogP contribution in [0.15, 0.2) is 48.5 Å². The number of amides is 1. The van der Waals surface area contributed by atoms with Gasteiger partial charge in [0.25, 0.3) is 5.91 Å². The van der Waals surface area contributed by atoms with Crippen LogP contribution in [0.25, 0.3) is 0 Å². The van der Waals surface area contributed by atoms with Gasteiger partial charge in [-0.1, -0.05) is 0 Å². The zero-order valence-corrected chi connectivity index (χ0v) is 15.7. The molecule has 5 nitrogen and oxygen atoms in total. The molecule has 0 fully saturated rings. The first-order chi connectivity index (χ1) is 14.6. The van der Waals surface area contributed by atoms with E-state index in [0.717, 1.165) is 30.3 Å². The minimum absolute atomic E-state index is 0.00387. The number of hydrogen-bond donors (Lipinski definition) is 1. The number of rotatable bonds is 4. The van der Waals surface area contributed by atoms with E-state index >= 15 is 0 Å². The van der Waals surface area contributed by atoms with Gasteiger partial charge in [0.2, 0.25) is 5.88 Å². The molecule has 0 bridgehead atoms. The Labute approximate surface area is 172 Å². The van der Waals surface area contributed by atoms with E-state index in [-0.39, 0.29) is 28.1 Å². The van der Waals surface area contributed by atoms with Gasteiger partial charge < -0.3 is 10.1 Å². The summed E-state index contributed by atoms with van der Waals surface area (Å²) in [6.07, 6.45) is -4.80. The molecule has 31 heavy (non-hydrogen) atoms. The second-order valence-electron chi connectivity index (χ2n) is 6.32. The van der Waals surface area contributed by atoms with E-state index in [1.54, 1.807) is 6.07 Å². The molecule has 1 heterocycles. The normalized spacial score (nSPS) is 11.0. The lowest BCUT2D eigenvalue weighted by atomic mass is 10.1. The number of nitriles is 1. The summed E-state index contributed by atoms with van der Waals surface area (Å²) in [5, 5.41) is 11.2. The van der Waals surface area contributed by atoms with Crippen molar-refractivity contribution in [1.29, 1.82) is 5.26 Å². The summed E-state index contributed by atoms with van der Waals surface area (Å²) in [6, 6.07) is 9.61. The molecule has 1 N–H and O–H groups in total. The molecule has 3 aromatic rings. The first-order valence-electron chi connectivity index (χ1n) is 8.61. The summed E-state index contributed by atoms with van der Waals surface area (Å²) >= 11 is 0. The quantitative estimate of drug-likeness (QED) is 0.544. The molecule has 0 radical (unpaired) electrons. The van der Waals surface area contributed by atoms with E-state index in [1.165, 1.54) is 19.1 Å². The molecule has 3 rings (SSSR count). The van der Waals surface area contributed by atoms with Gasteiger partial charge in [0.05, 0.1) is 5.56 Å². The van der Waals surface area contributed by atoms with Crippen LogP contribution in [0, 0.1) is 29.9 Å². The molecule has 1 amide bonds. The van der Waals surface area contributed by atoms with Crippen molar-refractivity contribution in [2.24, 2.45) is 0 Å². The van der Waals surface area contributed by atoms with Crippen LogP contribution < -0.4 is 10.1 Å². The number of nitrogens with zero attached hydrogens (tertiary/aromatic N) is 2. The van der Waals surface area contributed by atoms with Crippen molar-refractivity contribution in [2.75, 3.05) is 5.32 Å². The Morgan fingerprint density at radius 2 is 1.84 bits per heavy atom. The van der Waals surface area contributed by atoms with Crippen LogP contribution in [0.4, 0.5) is 27.6 Å². The maximum absolute atomic E-state index is 13.5. The van der Waals surface area contributed by atoms with Gasteiger partial charge in [-0.15, -0.1) is 0 Å². The lowest BCUT2D eigenvalue weighted by molar-refractivity contribution is -0.141. The fourth-order valence-electron chi connectivity index (χ4n) is 2.57. The maximum Gasteiger partial charge on any atom is 0.433 e. The van der Waals surface area contributed by atoms with Crippen LogP contribution >= 0.6 is 0 Å². The molecule has 0 aliphatic rings. The second-order valence-corrected chi connectivity index (χ2v) is 6.32. The van der Waals surface area contributed by atoms with Crippen molar-refractivity contribution < 1.29 is 31.5 Å². The number of carbonyl (C=O) groups is 1. The summed E-state index contributed by atoms with van der Waals surface area (Å²) in [5.41, 5.74) is -1.69.